The van der Waals surface area contributed by atoms with Gasteiger partial charge in [-0.05, 0) is 59.7 Å². The molecule has 0 saturated carbocycles. The SMILES string of the molecule is CC(C)C[C@@H](NC(=O)c1ccc(C(C)(C)C)cc1)c1nc(-c2ccc(F)cc2)no1. The Hall–Kier alpha value is -3.02. The van der Waals surface area contributed by atoms with E-state index in [0.29, 0.717) is 35.2 Å². The Morgan fingerprint density at radius 1 is 1.07 bits per heavy atom. The number of nitrogens with one attached hydrogen (secondary N) is 1. The van der Waals surface area contributed by atoms with Gasteiger partial charge < -0.3 is 9.84 Å². The Morgan fingerprint density at radius 3 is 2.27 bits per heavy atom. The summed E-state index contributed by atoms with van der Waals surface area (Å²) in [4.78, 5) is 17.3. The predicted octanol–water partition coefficient (Wildman–Crippen LogP) is 5.69. The Labute approximate surface area is 176 Å². The first kappa shape index (κ1) is 21.7. The largest absolute Gasteiger partial charge is 0.340 e. The summed E-state index contributed by atoms with van der Waals surface area (Å²) in [5, 5.41) is 7.02. The van der Waals surface area contributed by atoms with Gasteiger partial charge in [0.15, 0.2) is 0 Å². The van der Waals surface area contributed by atoms with Crippen molar-refractivity contribution in [3.63, 3.8) is 0 Å². The van der Waals surface area contributed by atoms with E-state index in [1.165, 1.54) is 17.7 Å². The molecule has 3 aromatic rings. The molecule has 6 heteroatoms. The van der Waals surface area contributed by atoms with Gasteiger partial charge in [-0.25, -0.2) is 4.39 Å². The predicted molar refractivity (Wildman–Crippen MR) is 114 cm³/mol. The van der Waals surface area contributed by atoms with Crippen LogP contribution in [0.4, 0.5) is 4.39 Å². The highest BCUT2D eigenvalue weighted by molar-refractivity contribution is 5.94. The number of hydrogen-bond acceptors (Lipinski definition) is 4. The lowest BCUT2D eigenvalue weighted by Crippen LogP contribution is -2.30. The van der Waals surface area contributed by atoms with Gasteiger partial charge in [0.05, 0.1) is 0 Å². The molecule has 0 bridgehead atoms. The van der Waals surface area contributed by atoms with Crippen LogP contribution in [0.2, 0.25) is 0 Å². The third-order valence-corrected chi connectivity index (χ3v) is 4.87. The first-order valence-corrected chi connectivity index (χ1v) is 10.1. The van der Waals surface area contributed by atoms with E-state index < -0.39 is 6.04 Å². The molecular weight excluding hydrogens is 381 g/mol. The molecule has 0 unspecified atom stereocenters. The maximum Gasteiger partial charge on any atom is 0.251 e. The standard InChI is InChI=1S/C24H28FN3O2/c1-15(2)14-20(23-27-21(28-30-23)16-8-12-19(25)13-9-16)26-22(29)17-6-10-18(11-7-17)24(3,4)5/h6-13,15,20H,14H2,1-5H3,(H,26,29)/t20-/m1/s1. The second-order valence-corrected chi connectivity index (χ2v) is 8.95. The number of benzene rings is 2. The number of carbonyl (C=O) groups excluding carboxylic acids is 1. The van der Waals surface area contributed by atoms with Crippen molar-refractivity contribution in [3.05, 3.63) is 71.4 Å². The number of halogens is 1. The fourth-order valence-corrected chi connectivity index (χ4v) is 3.15. The summed E-state index contributed by atoms with van der Waals surface area (Å²) in [6, 6.07) is 13.1. The zero-order valence-corrected chi connectivity index (χ0v) is 18.1. The molecule has 1 N–H and O–H groups in total. The number of aromatic nitrogens is 2. The van der Waals surface area contributed by atoms with Gasteiger partial charge in [0.25, 0.3) is 5.91 Å². The number of nitrogens with zero attached hydrogens (tertiary/aromatic N) is 2. The van der Waals surface area contributed by atoms with Crippen LogP contribution >= 0.6 is 0 Å². The first-order valence-electron chi connectivity index (χ1n) is 10.1. The third kappa shape index (κ3) is 5.32. The van der Waals surface area contributed by atoms with Gasteiger partial charge in [0, 0.05) is 11.1 Å². The number of hydrogen-bond donors (Lipinski definition) is 1. The Morgan fingerprint density at radius 2 is 1.70 bits per heavy atom. The van der Waals surface area contributed by atoms with Crippen LogP contribution in [0.25, 0.3) is 11.4 Å². The molecule has 1 amide bonds. The van der Waals surface area contributed by atoms with Gasteiger partial charge in [0.2, 0.25) is 11.7 Å². The number of rotatable bonds is 6. The van der Waals surface area contributed by atoms with E-state index in [-0.39, 0.29) is 17.1 Å². The van der Waals surface area contributed by atoms with Crippen LogP contribution in [0.15, 0.2) is 53.1 Å². The molecule has 1 atom stereocenters. The van der Waals surface area contributed by atoms with E-state index in [9.17, 15) is 9.18 Å². The van der Waals surface area contributed by atoms with E-state index in [0.717, 1.165) is 0 Å². The second-order valence-electron chi connectivity index (χ2n) is 8.95. The third-order valence-electron chi connectivity index (χ3n) is 4.87. The summed E-state index contributed by atoms with van der Waals surface area (Å²) < 4.78 is 18.6. The van der Waals surface area contributed by atoms with Crippen LogP contribution in [-0.2, 0) is 5.41 Å². The topological polar surface area (TPSA) is 68.0 Å². The highest BCUT2D eigenvalue weighted by Gasteiger charge is 2.24. The molecule has 0 radical (unpaired) electrons. The van der Waals surface area contributed by atoms with Crippen LogP contribution in [0.1, 0.15) is 68.9 Å². The Balaban J connectivity index is 1.79. The summed E-state index contributed by atoms with van der Waals surface area (Å²) in [5.41, 5.74) is 2.42. The maximum absolute atomic E-state index is 13.2. The van der Waals surface area contributed by atoms with Crippen LogP contribution in [0, 0.1) is 11.7 Å². The maximum atomic E-state index is 13.2. The molecule has 5 nitrogen and oxygen atoms in total. The van der Waals surface area contributed by atoms with Crippen molar-refractivity contribution in [1.82, 2.24) is 15.5 Å². The molecule has 30 heavy (non-hydrogen) atoms. The fourth-order valence-electron chi connectivity index (χ4n) is 3.15. The Kier molecular flexibility index (Phi) is 6.34. The van der Waals surface area contributed by atoms with E-state index >= 15 is 0 Å². The minimum Gasteiger partial charge on any atom is -0.340 e. The van der Waals surface area contributed by atoms with Crippen LogP contribution in [0.3, 0.4) is 0 Å². The lowest BCUT2D eigenvalue weighted by Gasteiger charge is -2.20. The smallest absolute Gasteiger partial charge is 0.251 e. The van der Waals surface area contributed by atoms with E-state index in [2.05, 4.69) is 50.1 Å². The van der Waals surface area contributed by atoms with Gasteiger partial charge in [-0.3, -0.25) is 4.79 Å². The zero-order chi connectivity index (χ0) is 21.9. The van der Waals surface area contributed by atoms with Crippen molar-refractivity contribution in [2.45, 2.75) is 52.5 Å². The van der Waals surface area contributed by atoms with E-state index in [1.807, 2.05) is 24.3 Å². The molecule has 1 heterocycles. The van der Waals surface area contributed by atoms with Crippen molar-refractivity contribution < 1.29 is 13.7 Å². The molecule has 0 aliphatic carbocycles. The van der Waals surface area contributed by atoms with Crippen molar-refractivity contribution in [1.29, 1.82) is 0 Å². The average Bonchev–Trinajstić information content (AvgIpc) is 3.17. The van der Waals surface area contributed by atoms with Gasteiger partial charge in [0.1, 0.15) is 11.9 Å². The van der Waals surface area contributed by atoms with Gasteiger partial charge in [-0.2, -0.15) is 4.98 Å². The molecule has 0 saturated heterocycles. The summed E-state index contributed by atoms with van der Waals surface area (Å²) in [6.07, 6.45) is 0.650. The quantitative estimate of drug-likeness (QED) is 0.568. The lowest BCUT2D eigenvalue weighted by molar-refractivity contribution is 0.0922. The molecular formula is C24H28FN3O2. The summed E-state index contributed by atoms with van der Waals surface area (Å²) in [7, 11) is 0. The fraction of sp³-hybridized carbons (Fsp3) is 0.375. The molecule has 3 rings (SSSR count). The zero-order valence-electron chi connectivity index (χ0n) is 18.1. The molecule has 0 aliphatic heterocycles. The summed E-state index contributed by atoms with van der Waals surface area (Å²) in [6.45, 7) is 10.5. The van der Waals surface area contributed by atoms with Crippen molar-refractivity contribution in [2.24, 2.45) is 5.92 Å². The van der Waals surface area contributed by atoms with Crippen LogP contribution in [-0.4, -0.2) is 16.0 Å². The van der Waals surface area contributed by atoms with Gasteiger partial charge in [-0.15, -0.1) is 0 Å². The highest BCUT2D eigenvalue weighted by Crippen LogP contribution is 2.25. The molecule has 0 aliphatic rings. The van der Waals surface area contributed by atoms with Gasteiger partial charge in [-0.1, -0.05) is 51.9 Å². The molecule has 158 valence electrons. The van der Waals surface area contributed by atoms with Crippen LogP contribution < -0.4 is 5.32 Å². The average molecular weight is 410 g/mol. The molecule has 2 aromatic carbocycles. The monoisotopic (exact) mass is 409 g/mol. The minimum absolute atomic E-state index is 0.0235. The van der Waals surface area contributed by atoms with Crippen molar-refractivity contribution in [3.8, 4) is 11.4 Å². The van der Waals surface area contributed by atoms with E-state index in [4.69, 9.17) is 4.52 Å². The first-order chi connectivity index (χ1) is 14.1. The normalized spacial score (nSPS) is 12.8. The Bertz CT molecular complexity index is 987. The second kappa shape index (κ2) is 8.78. The number of amides is 1. The van der Waals surface area contributed by atoms with Crippen LogP contribution in [0.5, 0.6) is 0 Å². The van der Waals surface area contributed by atoms with Gasteiger partial charge >= 0.3 is 0 Å². The minimum atomic E-state index is -0.415. The number of carbonyl (C=O) groups is 1. The molecule has 0 fully saturated rings. The van der Waals surface area contributed by atoms with Crippen molar-refractivity contribution >= 4 is 5.91 Å². The molecule has 0 spiro atoms. The summed E-state index contributed by atoms with van der Waals surface area (Å²) >= 11 is 0. The lowest BCUT2D eigenvalue weighted by atomic mass is 9.86. The summed E-state index contributed by atoms with van der Waals surface area (Å²) in [5.74, 6) is 0.484. The van der Waals surface area contributed by atoms with Crippen molar-refractivity contribution in [2.75, 3.05) is 0 Å². The highest BCUT2D eigenvalue weighted by atomic mass is 19.1. The van der Waals surface area contributed by atoms with E-state index in [1.54, 1.807) is 12.1 Å². The molecule has 1 aromatic heterocycles.